The van der Waals surface area contributed by atoms with Gasteiger partial charge in [0.05, 0.1) is 12.2 Å². The molecule has 0 saturated carbocycles. The number of carbonyl (C=O) groups excluding carboxylic acids is 2. The van der Waals surface area contributed by atoms with Crippen molar-refractivity contribution in [2.24, 2.45) is 0 Å². The van der Waals surface area contributed by atoms with Gasteiger partial charge in [-0.05, 0) is 31.2 Å². The summed E-state index contributed by atoms with van der Waals surface area (Å²) >= 11 is 5.87. The molecule has 0 unspecified atom stereocenters. The molecule has 0 atom stereocenters. The van der Waals surface area contributed by atoms with Crippen molar-refractivity contribution in [2.45, 2.75) is 6.42 Å². The highest BCUT2D eigenvalue weighted by Gasteiger charge is 2.17. The third kappa shape index (κ3) is 4.58. The van der Waals surface area contributed by atoms with Crippen molar-refractivity contribution in [1.82, 2.24) is 25.7 Å². The molecule has 8 heteroatoms. The Kier molecular flexibility index (Phi) is 5.67. The largest absolute Gasteiger partial charge is 0.342 e. The molecule has 2 aromatic rings. The van der Waals surface area contributed by atoms with Gasteiger partial charge in [0.2, 0.25) is 5.91 Å². The Hall–Kier alpha value is -2.38. The molecule has 1 fully saturated rings. The third-order valence-electron chi connectivity index (χ3n) is 4.06. The number of aromatic nitrogens is 2. The Bertz CT molecular complexity index is 736. The lowest BCUT2D eigenvalue weighted by Gasteiger charge is -2.19. The van der Waals surface area contributed by atoms with Crippen LogP contribution in [0.25, 0.3) is 11.3 Å². The van der Waals surface area contributed by atoms with Crippen LogP contribution in [0.15, 0.2) is 30.3 Å². The van der Waals surface area contributed by atoms with Crippen LogP contribution in [0.1, 0.15) is 16.9 Å². The summed E-state index contributed by atoms with van der Waals surface area (Å²) in [5.41, 5.74) is 1.81. The van der Waals surface area contributed by atoms with Crippen LogP contribution < -0.4 is 10.6 Å². The van der Waals surface area contributed by atoms with Gasteiger partial charge in [-0.3, -0.25) is 14.7 Å². The maximum Gasteiger partial charge on any atom is 0.269 e. The van der Waals surface area contributed by atoms with Gasteiger partial charge in [-0.2, -0.15) is 5.10 Å². The molecule has 0 radical (unpaired) electrons. The van der Waals surface area contributed by atoms with E-state index in [-0.39, 0.29) is 18.4 Å². The van der Waals surface area contributed by atoms with Crippen molar-refractivity contribution in [3.8, 4) is 11.3 Å². The summed E-state index contributed by atoms with van der Waals surface area (Å²) in [6.45, 7) is 3.06. The highest BCUT2D eigenvalue weighted by molar-refractivity contribution is 6.30. The van der Waals surface area contributed by atoms with Crippen LogP contribution in [-0.4, -0.2) is 59.6 Å². The first-order valence-corrected chi connectivity index (χ1v) is 8.59. The van der Waals surface area contributed by atoms with Crippen LogP contribution in [0.2, 0.25) is 5.02 Å². The van der Waals surface area contributed by atoms with E-state index < -0.39 is 0 Å². The predicted octanol–water partition coefficient (Wildman–Crippen LogP) is 1.28. The van der Waals surface area contributed by atoms with E-state index in [4.69, 9.17) is 11.6 Å². The van der Waals surface area contributed by atoms with Gasteiger partial charge in [0, 0.05) is 30.2 Å². The number of halogens is 1. The first-order chi connectivity index (χ1) is 12.1. The average Bonchev–Trinajstić information content (AvgIpc) is 2.95. The Balaban J connectivity index is 1.56. The number of rotatable bonds is 4. The maximum atomic E-state index is 12.2. The number of amides is 2. The number of aromatic amines is 1. The minimum atomic E-state index is -0.353. The molecule has 2 amide bonds. The minimum Gasteiger partial charge on any atom is -0.342 e. The maximum absolute atomic E-state index is 12.2. The van der Waals surface area contributed by atoms with E-state index in [1.165, 1.54) is 0 Å². The van der Waals surface area contributed by atoms with Crippen molar-refractivity contribution in [3.05, 3.63) is 41.0 Å². The van der Waals surface area contributed by atoms with E-state index in [0.717, 1.165) is 25.1 Å². The fourth-order valence-corrected chi connectivity index (χ4v) is 2.79. The van der Waals surface area contributed by atoms with Crippen molar-refractivity contribution in [2.75, 3.05) is 32.7 Å². The smallest absolute Gasteiger partial charge is 0.269 e. The van der Waals surface area contributed by atoms with Gasteiger partial charge in [-0.25, -0.2) is 0 Å². The van der Waals surface area contributed by atoms with Gasteiger partial charge in [0.25, 0.3) is 5.91 Å². The van der Waals surface area contributed by atoms with Crippen LogP contribution in [0.5, 0.6) is 0 Å². The molecule has 0 bridgehead atoms. The summed E-state index contributed by atoms with van der Waals surface area (Å²) in [5, 5.41) is 13.4. The zero-order valence-corrected chi connectivity index (χ0v) is 14.5. The number of carbonyl (C=O) groups is 2. The number of nitrogens with zero attached hydrogens (tertiary/aromatic N) is 2. The summed E-state index contributed by atoms with van der Waals surface area (Å²) in [6, 6.07) is 8.84. The molecule has 3 N–H and O–H groups in total. The lowest BCUT2D eigenvalue weighted by molar-refractivity contribution is -0.129. The number of H-pyrrole nitrogens is 1. The molecule has 2 heterocycles. The highest BCUT2D eigenvalue weighted by atomic mass is 35.5. The first kappa shape index (κ1) is 17.4. The average molecular weight is 362 g/mol. The summed E-state index contributed by atoms with van der Waals surface area (Å²) < 4.78 is 0. The topological polar surface area (TPSA) is 90.1 Å². The molecule has 1 aliphatic heterocycles. The third-order valence-corrected chi connectivity index (χ3v) is 4.31. The van der Waals surface area contributed by atoms with Crippen molar-refractivity contribution in [3.63, 3.8) is 0 Å². The normalized spacial score (nSPS) is 14.8. The Labute approximate surface area is 150 Å². The number of hydrogen-bond acceptors (Lipinski definition) is 4. The van der Waals surface area contributed by atoms with Crippen molar-refractivity contribution in [1.29, 1.82) is 0 Å². The summed E-state index contributed by atoms with van der Waals surface area (Å²) in [4.78, 5) is 26.2. The van der Waals surface area contributed by atoms with Gasteiger partial charge in [0.1, 0.15) is 5.69 Å². The minimum absolute atomic E-state index is 0.0197. The van der Waals surface area contributed by atoms with E-state index in [2.05, 4.69) is 20.8 Å². The zero-order chi connectivity index (χ0) is 17.6. The summed E-state index contributed by atoms with van der Waals surface area (Å²) in [5.74, 6) is -0.427. The summed E-state index contributed by atoms with van der Waals surface area (Å²) in [7, 11) is 0. The van der Waals surface area contributed by atoms with Gasteiger partial charge in [-0.1, -0.05) is 23.7 Å². The molecule has 7 nitrogen and oxygen atoms in total. The standard InChI is InChI=1S/C17H20ClN5O2/c18-13-4-2-12(3-5-13)14-10-15(22-21-14)17(25)20-11-16(24)23-8-1-6-19-7-9-23/h2-5,10,19H,1,6-9,11H2,(H,20,25)(H,21,22). The van der Waals surface area contributed by atoms with Gasteiger partial charge in [0.15, 0.2) is 0 Å². The lowest BCUT2D eigenvalue weighted by atomic mass is 10.1. The molecule has 1 saturated heterocycles. The predicted molar refractivity (Wildman–Crippen MR) is 95.4 cm³/mol. The van der Waals surface area contributed by atoms with Gasteiger partial charge < -0.3 is 15.5 Å². The Morgan fingerprint density at radius 3 is 2.80 bits per heavy atom. The number of benzene rings is 1. The Morgan fingerprint density at radius 1 is 1.20 bits per heavy atom. The monoisotopic (exact) mass is 361 g/mol. The van der Waals surface area contributed by atoms with Gasteiger partial charge >= 0.3 is 0 Å². The van der Waals surface area contributed by atoms with E-state index in [1.54, 1.807) is 23.1 Å². The SMILES string of the molecule is O=C(NCC(=O)N1CCCNCC1)c1cc(-c2ccc(Cl)cc2)n[nH]1. The molecule has 1 aliphatic rings. The Morgan fingerprint density at radius 2 is 2.00 bits per heavy atom. The number of nitrogens with one attached hydrogen (secondary N) is 3. The van der Waals surface area contributed by atoms with Crippen LogP contribution in [0, 0.1) is 0 Å². The van der Waals surface area contributed by atoms with E-state index in [9.17, 15) is 9.59 Å². The molecular formula is C17H20ClN5O2. The van der Waals surface area contributed by atoms with E-state index in [1.807, 2.05) is 12.1 Å². The molecule has 132 valence electrons. The second-order valence-corrected chi connectivity index (χ2v) is 6.28. The number of hydrogen-bond donors (Lipinski definition) is 3. The van der Waals surface area contributed by atoms with Crippen molar-refractivity contribution < 1.29 is 9.59 Å². The molecule has 25 heavy (non-hydrogen) atoms. The highest BCUT2D eigenvalue weighted by Crippen LogP contribution is 2.20. The zero-order valence-electron chi connectivity index (χ0n) is 13.7. The molecule has 0 spiro atoms. The van der Waals surface area contributed by atoms with Crippen LogP contribution in [0.3, 0.4) is 0 Å². The molecule has 1 aromatic carbocycles. The van der Waals surface area contributed by atoms with E-state index >= 15 is 0 Å². The summed E-state index contributed by atoms with van der Waals surface area (Å²) in [6.07, 6.45) is 0.921. The van der Waals surface area contributed by atoms with E-state index in [0.29, 0.717) is 29.5 Å². The van der Waals surface area contributed by atoms with Crippen LogP contribution in [-0.2, 0) is 4.79 Å². The fourth-order valence-electron chi connectivity index (χ4n) is 2.66. The molecule has 3 rings (SSSR count). The van der Waals surface area contributed by atoms with Gasteiger partial charge in [-0.15, -0.1) is 0 Å². The quantitative estimate of drug-likeness (QED) is 0.765. The second kappa shape index (κ2) is 8.13. The van der Waals surface area contributed by atoms with Crippen molar-refractivity contribution >= 4 is 23.4 Å². The lowest BCUT2D eigenvalue weighted by Crippen LogP contribution is -2.41. The van der Waals surface area contributed by atoms with Crippen LogP contribution in [0.4, 0.5) is 0 Å². The first-order valence-electron chi connectivity index (χ1n) is 8.21. The molecule has 0 aliphatic carbocycles. The molecular weight excluding hydrogens is 342 g/mol. The fraction of sp³-hybridized carbons (Fsp3) is 0.353. The second-order valence-electron chi connectivity index (χ2n) is 5.84. The van der Waals surface area contributed by atoms with Crippen LogP contribution >= 0.6 is 11.6 Å². The molecule has 1 aromatic heterocycles.